The maximum Gasteiger partial charge on any atom is 0.275 e. The molecule has 0 saturated carbocycles. The highest BCUT2D eigenvalue weighted by molar-refractivity contribution is 6.09. The van der Waals surface area contributed by atoms with E-state index in [0.717, 1.165) is 10.1 Å². The standard InChI is InChI=1S/C24H19N3O3/c1-16-20-12-5-6-13-21(20)24(30)27(26-16)15-22(28)25-19-11-7-10-18(14-19)23(29)17-8-3-2-4-9-17/h2-14H,15H2,1H3,(H,25,28). The Labute approximate surface area is 172 Å². The van der Waals surface area contributed by atoms with E-state index in [1.54, 1.807) is 67.6 Å². The van der Waals surface area contributed by atoms with Crippen molar-refractivity contribution in [2.45, 2.75) is 13.5 Å². The van der Waals surface area contributed by atoms with Crippen LogP contribution in [0.2, 0.25) is 0 Å². The normalized spacial score (nSPS) is 10.7. The van der Waals surface area contributed by atoms with E-state index in [-0.39, 0.29) is 17.9 Å². The van der Waals surface area contributed by atoms with E-state index in [1.807, 2.05) is 18.2 Å². The van der Waals surface area contributed by atoms with Gasteiger partial charge in [-0.1, -0.05) is 60.7 Å². The van der Waals surface area contributed by atoms with Crippen LogP contribution in [0.1, 0.15) is 21.6 Å². The summed E-state index contributed by atoms with van der Waals surface area (Å²) in [6, 6.07) is 22.8. The van der Waals surface area contributed by atoms with Gasteiger partial charge in [-0.05, 0) is 25.1 Å². The van der Waals surface area contributed by atoms with Gasteiger partial charge in [0.1, 0.15) is 6.54 Å². The number of ketones is 1. The Morgan fingerprint density at radius 2 is 1.53 bits per heavy atom. The number of hydrogen-bond donors (Lipinski definition) is 1. The molecule has 1 N–H and O–H groups in total. The van der Waals surface area contributed by atoms with Crippen LogP contribution in [0.4, 0.5) is 5.69 Å². The van der Waals surface area contributed by atoms with Gasteiger partial charge in [0.2, 0.25) is 5.91 Å². The van der Waals surface area contributed by atoms with Gasteiger partial charge in [-0.2, -0.15) is 5.10 Å². The highest BCUT2D eigenvalue weighted by Crippen LogP contribution is 2.15. The first-order valence-corrected chi connectivity index (χ1v) is 9.49. The predicted molar refractivity (Wildman–Crippen MR) is 116 cm³/mol. The molecule has 1 amide bonds. The van der Waals surface area contributed by atoms with Crippen LogP contribution in [0.3, 0.4) is 0 Å². The molecule has 1 aromatic heterocycles. The fourth-order valence-corrected chi connectivity index (χ4v) is 3.34. The molecule has 0 aliphatic rings. The number of carbonyl (C=O) groups is 2. The summed E-state index contributed by atoms with van der Waals surface area (Å²) < 4.78 is 1.16. The van der Waals surface area contributed by atoms with E-state index in [0.29, 0.717) is 27.9 Å². The van der Waals surface area contributed by atoms with Crippen molar-refractivity contribution in [2.24, 2.45) is 0 Å². The summed E-state index contributed by atoms with van der Waals surface area (Å²) in [6.07, 6.45) is 0. The van der Waals surface area contributed by atoms with E-state index < -0.39 is 5.91 Å². The molecule has 148 valence electrons. The molecule has 1 heterocycles. The highest BCUT2D eigenvalue weighted by Gasteiger charge is 2.13. The lowest BCUT2D eigenvalue weighted by Crippen LogP contribution is -2.30. The third-order valence-corrected chi connectivity index (χ3v) is 4.79. The van der Waals surface area contributed by atoms with E-state index in [9.17, 15) is 14.4 Å². The number of aryl methyl sites for hydroxylation is 1. The molecular weight excluding hydrogens is 378 g/mol. The average molecular weight is 397 g/mol. The number of hydrogen-bond acceptors (Lipinski definition) is 4. The van der Waals surface area contributed by atoms with Crippen molar-refractivity contribution in [3.63, 3.8) is 0 Å². The van der Waals surface area contributed by atoms with Crippen LogP contribution in [0.15, 0.2) is 83.7 Å². The molecule has 0 bridgehead atoms. The lowest BCUT2D eigenvalue weighted by molar-refractivity contribution is -0.117. The van der Waals surface area contributed by atoms with Crippen molar-refractivity contribution in [1.82, 2.24) is 9.78 Å². The highest BCUT2D eigenvalue weighted by atomic mass is 16.2. The molecule has 0 saturated heterocycles. The monoisotopic (exact) mass is 397 g/mol. The number of nitrogens with one attached hydrogen (secondary N) is 1. The molecule has 4 rings (SSSR count). The maximum atomic E-state index is 12.6. The SMILES string of the molecule is Cc1nn(CC(=O)Nc2cccc(C(=O)c3ccccc3)c2)c(=O)c2ccccc12. The first kappa shape index (κ1) is 19.3. The summed E-state index contributed by atoms with van der Waals surface area (Å²) in [5.74, 6) is -0.529. The molecule has 6 heteroatoms. The van der Waals surface area contributed by atoms with Crippen LogP contribution in [0.25, 0.3) is 10.8 Å². The molecule has 6 nitrogen and oxygen atoms in total. The number of rotatable bonds is 5. The molecule has 0 spiro atoms. The molecule has 0 aliphatic heterocycles. The van der Waals surface area contributed by atoms with E-state index >= 15 is 0 Å². The number of nitrogens with zero attached hydrogens (tertiary/aromatic N) is 2. The lowest BCUT2D eigenvalue weighted by atomic mass is 10.0. The van der Waals surface area contributed by atoms with Crippen LogP contribution in [0, 0.1) is 6.92 Å². The number of amides is 1. The minimum atomic E-state index is -0.399. The van der Waals surface area contributed by atoms with Crippen LogP contribution in [-0.4, -0.2) is 21.5 Å². The van der Waals surface area contributed by atoms with Gasteiger partial charge in [-0.3, -0.25) is 14.4 Å². The summed E-state index contributed by atoms with van der Waals surface area (Å²) in [5, 5.41) is 8.29. The Morgan fingerprint density at radius 1 is 0.867 bits per heavy atom. The van der Waals surface area contributed by atoms with Gasteiger partial charge >= 0.3 is 0 Å². The van der Waals surface area contributed by atoms with Crippen molar-refractivity contribution in [3.8, 4) is 0 Å². The first-order valence-electron chi connectivity index (χ1n) is 9.49. The topological polar surface area (TPSA) is 81.1 Å². The van der Waals surface area contributed by atoms with Crippen molar-refractivity contribution in [3.05, 3.63) is 106 Å². The summed E-state index contributed by atoms with van der Waals surface area (Å²) in [4.78, 5) is 37.8. The number of carbonyl (C=O) groups excluding carboxylic acids is 2. The molecule has 0 aliphatic carbocycles. The van der Waals surface area contributed by atoms with Crippen molar-refractivity contribution in [1.29, 1.82) is 0 Å². The van der Waals surface area contributed by atoms with Crippen molar-refractivity contribution in [2.75, 3.05) is 5.32 Å². The zero-order valence-electron chi connectivity index (χ0n) is 16.3. The molecule has 30 heavy (non-hydrogen) atoms. The predicted octanol–water partition coefficient (Wildman–Crippen LogP) is 3.57. The lowest BCUT2D eigenvalue weighted by Gasteiger charge is -2.10. The number of fused-ring (bicyclic) bond motifs is 1. The minimum Gasteiger partial charge on any atom is -0.324 e. The van der Waals surface area contributed by atoms with Crippen LogP contribution >= 0.6 is 0 Å². The fourth-order valence-electron chi connectivity index (χ4n) is 3.34. The van der Waals surface area contributed by atoms with Gasteiger partial charge in [0.25, 0.3) is 5.56 Å². The van der Waals surface area contributed by atoms with Crippen molar-refractivity contribution < 1.29 is 9.59 Å². The van der Waals surface area contributed by atoms with E-state index in [4.69, 9.17) is 0 Å². The Hall–Kier alpha value is -4.06. The minimum absolute atomic E-state index is 0.130. The number of benzene rings is 3. The molecular formula is C24H19N3O3. The maximum absolute atomic E-state index is 12.6. The molecule has 0 radical (unpaired) electrons. The molecule has 0 fully saturated rings. The van der Waals surface area contributed by atoms with Crippen LogP contribution < -0.4 is 10.9 Å². The Morgan fingerprint density at radius 3 is 2.30 bits per heavy atom. The smallest absolute Gasteiger partial charge is 0.275 e. The molecule has 0 unspecified atom stereocenters. The Balaban J connectivity index is 1.54. The largest absolute Gasteiger partial charge is 0.324 e. The van der Waals surface area contributed by atoms with Crippen molar-refractivity contribution >= 4 is 28.2 Å². The van der Waals surface area contributed by atoms with E-state index in [1.165, 1.54) is 0 Å². The third kappa shape index (κ3) is 3.89. The second-order valence-corrected chi connectivity index (χ2v) is 6.92. The Kier molecular flexibility index (Phi) is 5.22. The van der Waals surface area contributed by atoms with Gasteiger partial charge in [-0.15, -0.1) is 0 Å². The van der Waals surface area contributed by atoms with E-state index in [2.05, 4.69) is 10.4 Å². The van der Waals surface area contributed by atoms with Crippen LogP contribution in [0.5, 0.6) is 0 Å². The number of anilines is 1. The molecule has 0 atom stereocenters. The summed E-state index contributed by atoms with van der Waals surface area (Å²) in [6.45, 7) is 1.58. The summed E-state index contributed by atoms with van der Waals surface area (Å²) in [5.41, 5.74) is 1.87. The third-order valence-electron chi connectivity index (χ3n) is 4.79. The van der Waals surface area contributed by atoms with Gasteiger partial charge < -0.3 is 5.32 Å². The second-order valence-electron chi connectivity index (χ2n) is 6.92. The average Bonchev–Trinajstić information content (AvgIpc) is 2.77. The zero-order valence-corrected chi connectivity index (χ0v) is 16.3. The van der Waals surface area contributed by atoms with Gasteiger partial charge in [-0.25, -0.2) is 4.68 Å². The summed E-state index contributed by atoms with van der Waals surface area (Å²) >= 11 is 0. The first-order chi connectivity index (χ1) is 14.5. The second kappa shape index (κ2) is 8.13. The molecule has 3 aromatic carbocycles. The van der Waals surface area contributed by atoms with Crippen LogP contribution in [-0.2, 0) is 11.3 Å². The van der Waals surface area contributed by atoms with Gasteiger partial charge in [0.15, 0.2) is 5.78 Å². The van der Waals surface area contributed by atoms with Gasteiger partial charge in [0.05, 0.1) is 11.1 Å². The van der Waals surface area contributed by atoms with Gasteiger partial charge in [0, 0.05) is 22.2 Å². The fraction of sp³-hybridized carbons (Fsp3) is 0.0833. The Bertz CT molecular complexity index is 1310. The summed E-state index contributed by atoms with van der Waals surface area (Å²) in [7, 11) is 0. The molecule has 4 aromatic rings. The zero-order chi connectivity index (χ0) is 21.1. The quantitative estimate of drug-likeness (QED) is 0.522. The number of aromatic nitrogens is 2.